The van der Waals surface area contributed by atoms with E-state index in [9.17, 15) is 4.79 Å². The van der Waals surface area contributed by atoms with E-state index in [1.165, 1.54) is 24.8 Å². The first-order valence-electron chi connectivity index (χ1n) is 10.2. The van der Waals surface area contributed by atoms with Gasteiger partial charge in [-0.1, -0.05) is 49.6 Å². The van der Waals surface area contributed by atoms with E-state index in [-0.39, 0.29) is 18.1 Å². The summed E-state index contributed by atoms with van der Waals surface area (Å²) in [5.41, 5.74) is 1.28. The van der Waals surface area contributed by atoms with Gasteiger partial charge in [0.05, 0.1) is 6.04 Å². The zero-order valence-corrected chi connectivity index (χ0v) is 16.3. The summed E-state index contributed by atoms with van der Waals surface area (Å²) in [5.74, 6) is 0. The second kappa shape index (κ2) is 9.38. The summed E-state index contributed by atoms with van der Waals surface area (Å²) in [5, 5.41) is 6.42. The van der Waals surface area contributed by atoms with E-state index in [4.69, 9.17) is 0 Å². The summed E-state index contributed by atoms with van der Waals surface area (Å²) >= 11 is 0. The standard InChI is InChI=1S/C21H34N4O/c1-17(22-21(26)23-19-11-7-4-8-12-19)20(18-9-5-3-6-10-18)25-15-13-24(2)14-16-25/h3,5-6,9-10,17,19-20H,4,7-8,11-16H2,1-2H3,(H2,22,23,26)/t17-,20+/m0/s1. The van der Waals surface area contributed by atoms with Gasteiger partial charge in [0.2, 0.25) is 0 Å². The van der Waals surface area contributed by atoms with Gasteiger partial charge in [0, 0.05) is 38.3 Å². The molecule has 1 aliphatic carbocycles. The first kappa shape index (κ1) is 19.2. The van der Waals surface area contributed by atoms with Gasteiger partial charge in [-0.25, -0.2) is 4.79 Å². The lowest BCUT2D eigenvalue weighted by molar-refractivity contribution is 0.0947. The first-order chi connectivity index (χ1) is 12.6. The number of nitrogens with zero attached hydrogens (tertiary/aromatic N) is 2. The molecule has 0 unspecified atom stereocenters. The highest BCUT2D eigenvalue weighted by Gasteiger charge is 2.29. The fourth-order valence-electron chi connectivity index (χ4n) is 4.33. The number of hydrogen-bond acceptors (Lipinski definition) is 3. The number of rotatable bonds is 5. The maximum atomic E-state index is 12.5. The van der Waals surface area contributed by atoms with Crippen LogP contribution >= 0.6 is 0 Å². The summed E-state index contributed by atoms with van der Waals surface area (Å²) < 4.78 is 0. The molecule has 0 bridgehead atoms. The number of nitrogens with one attached hydrogen (secondary N) is 2. The number of hydrogen-bond donors (Lipinski definition) is 2. The normalized spacial score (nSPS) is 22.5. The Morgan fingerprint density at radius 2 is 1.69 bits per heavy atom. The minimum Gasteiger partial charge on any atom is -0.335 e. The van der Waals surface area contributed by atoms with Gasteiger partial charge in [-0.2, -0.15) is 0 Å². The average molecular weight is 359 g/mol. The predicted octanol–water partition coefficient (Wildman–Crippen LogP) is 3.00. The molecule has 3 rings (SSSR count). The lowest BCUT2D eigenvalue weighted by Crippen LogP contribution is -2.53. The predicted molar refractivity (Wildman–Crippen MR) is 106 cm³/mol. The van der Waals surface area contributed by atoms with Crippen LogP contribution in [0.4, 0.5) is 4.79 Å². The maximum absolute atomic E-state index is 12.5. The zero-order valence-electron chi connectivity index (χ0n) is 16.3. The van der Waals surface area contributed by atoms with E-state index in [2.05, 4.69) is 64.7 Å². The van der Waals surface area contributed by atoms with Crippen molar-refractivity contribution in [2.24, 2.45) is 0 Å². The highest BCUT2D eigenvalue weighted by atomic mass is 16.2. The molecule has 144 valence electrons. The second-order valence-electron chi connectivity index (χ2n) is 7.94. The third-order valence-electron chi connectivity index (χ3n) is 5.85. The van der Waals surface area contributed by atoms with Crippen molar-refractivity contribution in [3.05, 3.63) is 35.9 Å². The Labute approximate surface area is 158 Å². The molecule has 1 saturated heterocycles. The summed E-state index contributed by atoms with van der Waals surface area (Å²) in [6.07, 6.45) is 5.99. The van der Waals surface area contributed by atoms with Crippen LogP contribution < -0.4 is 10.6 Å². The van der Waals surface area contributed by atoms with E-state index < -0.39 is 0 Å². The molecule has 1 aliphatic heterocycles. The maximum Gasteiger partial charge on any atom is 0.315 e. The molecule has 1 aromatic rings. The van der Waals surface area contributed by atoms with Gasteiger partial charge in [-0.05, 0) is 32.4 Å². The van der Waals surface area contributed by atoms with Gasteiger partial charge in [0.25, 0.3) is 0 Å². The molecule has 2 aliphatic rings. The lowest BCUT2D eigenvalue weighted by Gasteiger charge is -2.41. The van der Waals surface area contributed by atoms with Crippen LogP contribution in [0, 0.1) is 0 Å². The number of carbonyl (C=O) groups is 1. The molecule has 2 atom stereocenters. The van der Waals surface area contributed by atoms with Crippen LogP contribution in [-0.2, 0) is 0 Å². The van der Waals surface area contributed by atoms with E-state index in [0.717, 1.165) is 39.0 Å². The van der Waals surface area contributed by atoms with E-state index in [1.54, 1.807) is 0 Å². The number of urea groups is 1. The summed E-state index contributed by atoms with van der Waals surface area (Å²) in [6.45, 7) is 6.35. The van der Waals surface area contributed by atoms with Crippen molar-refractivity contribution in [2.75, 3.05) is 33.2 Å². The van der Waals surface area contributed by atoms with Crippen molar-refractivity contribution in [1.82, 2.24) is 20.4 Å². The third-order valence-corrected chi connectivity index (χ3v) is 5.85. The second-order valence-corrected chi connectivity index (χ2v) is 7.94. The zero-order chi connectivity index (χ0) is 18.4. The van der Waals surface area contributed by atoms with Crippen LogP contribution in [0.1, 0.15) is 50.6 Å². The van der Waals surface area contributed by atoms with Gasteiger partial charge in [-0.15, -0.1) is 0 Å². The van der Waals surface area contributed by atoms with E-state index >= 15 is 0 Å². The summed E-state index contributed by atoms with van der Waals surface area (Å²) in [4.78, 5) is 17.4. The molecule has 2 N–H and O–H groups in total. The van der Waals surface area contributed by atoms with Crippen molar-refractivity contribution in [3.63, 3.8) is 0 Å². The van der Waals surface area contributed by atoms with Crippen LogP contribution in [0.25, 0.3) is 0 Å². The molecular formula is C21H34N4O. The molecule has 5 heteroatoms. The van der Waals surface area contributed by atoms with Crippen LogP contribution in [0.15, 0.2) is 30.3 Å². The SMILES string of the molecule is C[C@H](NC(=O)NC1CCCCC1)[C@H](c1ccccc1)N1CCN(C)CC1. The molecule has 2 amide bonds. The Morgan fingerprint density at radius 3 is 2.35 bits per heavy atom. The molecule has 2 fully saturated rings. The molecule has 5 nitrogen and oxygen atoms in total. The van der Waals surface area contributed by atoms with Crippen LogP contribution in [0.2, 0.25) is 0 Å². The molecule has 1 heterocycles. The first-order valence-corrected chi connectivity index (χ1v) is 10.2. The minimum absolute atomic E-state index is 0.0144. The van der Waals surface area contributed by atoms with E-state index in [1.807, 2.05) is 0 Å². The van der Waals surface area contributed by atoms with E-state index in [0.29, 0.717) is 6.04 Å². The smallest absolute Gasteiger partial charge is 0.315 e. The van der Waals surface area contributed by atoms with Crippen LogP contribution in [0.5, 0.6) is 0 Å². The molecule has 0 spiro atoms. The Hall–Kier alpha value is -1.59. The van der Waals surface area contributed by atoms with Gasteiger partial charge in [0.15, 0.2) is 0 Å². The molecular weight excluding hydrogens is 324 g/mol. The van der Waals surface area contributed by atoms with Crippen molar-refractivity contribution in [2.45, 2.75) is 57.2 Å². The van der Waals surface area contributed by atoms with Crippen molar-refractivity contribution in [1.29, 1.82) is 0 Å². The Morgan fingerprint density at radius 1 is 1.04 bits per heavy atom. The molecule has 1 saturated carbocycles. The Bertz CT molecular complexity index is 550. The lowest BCUT2D eigenvalue weighted by atomic mass is 9.95. The minimum atomic E-state index is -0.0144. The fraction of sp³-hybridized carbons (Fsp3) is 0.667. The summed E-state index contributed by atoms with van der Waals surface area (Å²) in [7, 11) is 2.17. The van der Waals surface area contributed by atoms with Crippen molar-refractivity contribution >= 4 is 6.03 Å². The third kappa shape index (κ3) is 5.21. The van der Waals surface area contributed by atoms with Gasteiger partial charge >= 0.3 is 6.03 Å². The number of amides is 2. The molecule has 0 aromatic heterocycles. The Balaban J connectivity index is 1.64. The number of carbonyl (C=O) groups excluding carboxylic acids is 1. The van der Waals surface area contributed by atoms with Gasteiger partial charge in [-0.3, -0.25) is 4.90 Å². The Kier molecular flexibility index (Phi) is 6.92. The number of likely N-dealkylation sites (N-methyl/N-ethyl adjacent to an activating group) is 1. The molecule has 0 radical (unpaired) electrons. The largest absolute Gasteiger partial charge is 0.335 e. The molecule has 26 heavy (non-hydrogen) atoms. The average Bonchev–Trinajstić information content (AvgIpc) is 2.65. The monoisotopic (exact) mass is 358 g/mol. The quantitative estimate of drug-likeness (QED) is 0.851. The highest BCUT2D eigenvalue weighted by molar-refractivity contribution is 5.74. The van der Waals surface area contributed by atoms with Crippen molar-refractivity contribution in [3.8, 4) is 0 Å². The van der Waals surface area contributed by atoms with Crippen LogP contribution in [0.3, 0.4) is 0 Å². The summed E-state index contributed by atoms with van der Waals surface area (Å²) in [6, 6.07) is 11.2. The molecule has 1 aromatic carbocycles. The van der Waals surface area contributed by atoms with Gasteiger partial charge in [0.1, 0.15) is 0 Å². The fourth-order valence-corrected chi connectivity index (χ4v) is 4.33. The number of benzene rings is 1. The van der Waals surface area contributed by atoms with Crippen molar-refractivity contribution < 1.29 is 4.79 Å². The number of piperazine rings is 1. The van der Waals surface area contributed by atoms with Gasteiger partial charge < -0.3 is 15.5 Å². The highest BCUT2D eigenvalue weighted by Crippen LogP contribution is 2.25. The topological polar surface area (TPSA) is 47.6 Å². The van der Waals surface area contributed by atoms with Crippen LogP contribution in [-0.4, -0.2) is 61.1 Å².